The van der Waals surface area contributed by atoms with Gasteiger partial charge in [0.1, 0.15) is 0 Å². The van der Waals surface area contributed by atoms with E-state index in [1.165, 1.54) is 12.0 Å². The maximum atomic E-state index is 12.1. The largest absolute Gasteiger partial charge is 0.466 e. The highest BCUT2D eigenvalue weighted by atomic mass is 16.5. The van der Waals surface area contributed by atoms with Gasteiger partial charge in [-0.15, -0.1) is 0 Å². The molecule has 0 aromatic heterocycles. The smallest absolute Gasteiger partial charge is 0.333 e. The molecule has 5 nitrogen and oxygen atoms in total. The number of methoxy groups -OCH3 is 1. The summed E-state index contributed by atoms with van der Waals surface area (Å²) >= 11 is 0. The third-order valence-electron chi connectivity index (χ3n) is 3.61. The van der Waals surface area contributed by atoms with Gasteiger partial charge in [-0.25, -0.2) is 4.79 Å². The summed E-state index contributed by atoms with van der Waals surface area (Å²) < 4.78 is 4.61. The van der Waals surface area contributed by atoms with Crippen molar-refractivity contribution < 1.29 is 19.1 Å². The molecular formula is C16H17NO4. The zero-order valence-electron chi connectivity index (χ0n) is 12.5. The number of carbonyl (C=O) groups is 3. The standard InChI is InChI=1S/C16H17NO4/c1-9-5-6-10(2)13-12(9)14(18)15(19)17(13)8-7-11(3)16(20)21-4/h5-7H,8H2,1-4H3. The van der Waals surface area contributed by atoms with Crippen LogP contribution in [0.1, 0.15) is 28.4 Å². The van der Waals surface area contributed by atoms with Gasteiger partial charge in [-0.3, -0.25) is 9.59 Å². The molecule has 5 heteroatoms. The predicted molar refractivity (Wildman–Crippen MR) is 78.4 cm³/mol. The molecular weight excluding hydrogens is 270 g/mol. The number of esters is 1. The van der Waals surface area contributed by atoms with E-state index in [2.05, 4.69) is 4.74 Å². The van der Waals surface area contributed by atoms with Crippen molar-refractivity contribution in [1.82, 2.24) is 0 Å². The molecule has 1 aliphatic rings. The van der Waals surface area contributed by atoms with E-state index in [9.17, 15) is 14.4 Å². The van der Waals surface area contributed by atoms with E-state index in [4.69, 9.17) is 0 Å². The fourth-order valence-corrected chi connectivity index (χ4v) is 2.41. The summed E-state index contributed by atoms with van der Waals surface area (Å²) in [6, 6.07) is 3.71. The Balaban J connectivity index is 2.40. The normalized spacial score (nSPS) is 14.5. The zero-order valence-corrected chi connectivity index (χ0v) is 12.5. The van der Waals surface area contributed by atoms with Gasteiger partial charge in [-0.1, -0.05) is 18.2 Å². The third kappa shape index (κ3) is 2.46. The summed E-state index contributed by atoms with van der Waals surface area (Å²) in [7, 11) is 1.30. The van der Waals surface area contributed by atoms with Crippen LogP contribution in [-0.2, 0) is 14.3 Å². The van der Waals surface area contributed by atoms with Gasteiger partial charge < -0.3 is 9.64 Å². The van der Waals surface area contributed by atoms with Crippen LogP contribution in [0, 0.1) is 13.8 Å². The highest BCUT2D eigenvalue weighted by molar-refractivity contribution is 6.52. The third-order valence-corrected chi connectivity index (χ3v) is 3.61. The van der Waals surface area contributed by atoms with Crippen LogP contribution in [0.25, 0.3) is 0 Å². The Bertz CT molecular complexity index is 673. The molecule has 0 fully saturated rings. The zero-order chi connectivity index (χ0) is 15.7. The highest BCUT2D eigenvalue weighted by Crippen LogP contribution is 2.34. The van der Waals surface area contributed by atoms with E-state index in [0.29, 0.717) is 16.8 Å². The molecule has 1 heterocycles. The average molecular weight is 287 g/mol. The molecule has 1 amide bonds. The molecule has 0 bridgehead atoms. The van der Waals surface area contributed by atoms with Crippen LogP contribution in [0.3, 0.4) is 0 Å². The first-order valence-corrected chi connectivity index (χ1v) is 6.60. The number of fused-ring (bicyclic) bond motifs is 1. The second kappa shape index (κ2) is 5.52. The Morgan fingerprint density at radius 1 is 1.24 bits per heavy atom. The van der Waals surface area contributed by atoms with Crippen molar-refractivity contribution in [3.8, 4) is 0 Å². The van der Waals surface area contributed by atoms with E-state index in [0.717, 1.165) is 11.1 Å². The highest BCUT2D eigenvalue weighted by Gasteiger charge is 2.37. The molecule has 2 rings (SSSR count). The maximum absolute atomic E-state index is 12.1. The van der Waals surface area contributed by atoms with Gasteiger partial charge in [-0.2, -0.15) is 0 Å². The number of amides is 1. The molecule has 0 N–H and O–H groups in total. The lowest BCUT2D eigenvalue weighted by molar-refractivity contribution is -0.136. The van der Waals surface area contributed by atoms with Crippen molar-refractivity contribution in [3.63, 3.8) is 0 Å². The van der Waals surface area contributed by atoms with Crippen LogP contribution >= 0.6 is 0 Å². The fraction of sp³-hybridized carbons (Fsp3) is 0.312. The van der Waals surface area contributed by atoms with Crippen LogP contribution in [0.2, 0.25) is 0 Å². The molecule has 0 radical (unpaired) electrons. The Hall–Kier alpha value is -2.43. The molecule has 0 aliphatic carbocycles. The maximum Gasteiger partial charge on any atom is 0.333 e. The molecule has 0 saturated heterocycles. The summed E-state index contributed by atoms with van der Waals surface area (Å²) in [6.45, 7) is 5.44. The second-order valence-electron chi connectivity index (χ2n) is 5.05. The van der Waals surface area contributed by atoms with Gasteiger partial charge in [0.05, 0.1) is 18.4 Å². The average Bonchev–Trinajstić information content (AvgIpc) is 2.73. The Morgan fingerprint density at radius 2 is 1.86 bits per heavy atom. The lowest BCUT2D eigenvalue weighted by Gasteiger charge is -2.17. The monoisotopic (exact) mass is 287 g/mol. The van der Waals surface area contributed by atoms with Crippen molar-refractivity contribution in [2.24, 2.45) is 0 Å². The SMILES string of the molecule is COC(=O)C(C)=CCN1C(=O)C(=O)c2c(C)ccc(C)c21. The van der Waals surface area contributed by atoms with Gasteiger partial charge in [0.2, 0.25) is 0 Å². The minimum atomic E-state index is -0.559. The Morgan fingerprint density at radius 3 is 2.48 bits per heavy atom. The lowest BCUT2D eigenvalue weighted by Crippen LogP contribution is -2.30. The molecule has 0 atom stereocenters. The lowest BCUT2D eigenvalue weighted by atomic mass is 10.0. The van der Waals surface area contributed by atoms with Crippen molar-refractivity contribution in [1.29, 1.82) is 0 Å². The summed E-state index contributed by atoms with van der Waals surface area (Å²) in [4.78, 5) is 37.0. The van der Waals surface area contributed by atoms with E-state index in [1.807, 2.05) is 26.0 Å². The topological polar surface area (TPSA) is 63.7 Å². The number of hydrogen-bond acceptors (Lipinski definition) is 4. The van der Waals surface area contributed by atoms with Crippen LogP contribution in [0.15, 0.2) is 23.8 Å². The van der Waals surface area contributed by atoms with E-state index >= 15 is 0 Å². The van der Waals surface area contributed by atoms with Gasteiger partial charge in [-0.05, 0) is 31.9 Å². The fourth-order valence-electron chi connectivity index (χ4n) is 2.41. The number of ketones is 1. The van der Waals surface area contributed by atoms with Crippen molar-refractivity contribution in [2.75, 3.05) is 18.6 Å². The minimum absolute atomic E-state index is 0.169. The minimum Gasteiger partial charge on any atom is -0.466 e. The van der Waals surface area contributed by atoms with Gasteiger partial charge in [0.15, 0.2) is 0 Å². The van der Waals surface area contributed by atoms with E-state index in [-0.39, 0.29) is 6.54 Å². The number of hydrogen-bond donors (Lipinski definition) is 0. The molecule has 0 spiro atoms. The van der Waals surface area contributed by atoms with E-state index < -0.39 is 17.7 Å². The summed E-state index contributed by atoms with van der Waals surface area (Å²) in [5.74, 6) is -1.50. The summed E-state index contributed by atoms with van der Waals surface area (Å²) in [5, 5.41) is 0. The Labute approximate surface area is 123 Å². The van der Waals surface area contributed by atoms with Crippen LogP contribution in [0.5, 0.6) is 0 Å². The molecule has 0 unspecified atom stereocenters. The number of carbonyl (C=O) groups excluding carboxylic acids is 3. The van der Waals surface area contributed by atoms with Crippen LogP contribution in [0.4, 0.5) is 5.69 Å². The number of rotatable bonds is 3. The van der Waals surface area contributed by atoms with Gasteiger partial charge in [0, 0.05) is 12.1 Å². The predicted octanol–water partition coefficient (Wildman–Crippen LogP) is 1.95. The number of aryl methyl sites for hydroxylation is 2. The first-order chi connectivity index (χ1) is 9.88. The molecule has 1 aromatic rings. The van der Waals surface area contributed by atoms with Gasteiger partial charge >= 0.3 is 5.97 Å². The van der Waals surface area contributed by atoms with Gasteiger partial charge in [0.25, 0.3) is 11.7 Å². The van der Waals surface area contributed by atoms with Crippen LogP contribution < -0.4 is 4.90 Å². The molecule has 21 heavy (non-hydrogen) atoms. The molecule has 1 aliphatic heterocycles. The first kappa shape index (κ1) is 15.0. The number of benzene rings is 1. The van der Waals surface area contributed by atoms with Crippen LogP contribution in [-0.4, -0.2) is 31.3 Å². The number of ether oxygens (including phenoxy) is 1. The quantitative estimate of drug-likeness (QED) is 0.484. The summed E-state index contributed by atoms with van der Waals surface area (Å²) in [5.41, 5.74) is 3.14. The Kier molecular flexibility index (Phi) is 3.93. The van der Waals surface area contributed by atoms with Crippen molar-refractivity contribution in [3.05, 3.63) is 40.5 Å². The molecule has 0 saturated carbocycles. The summed E-state index contributed by atoms with van der Waals surface area (Å²) in [6.07, 6.45) is 1.59. The second-order valence-corrected chi connectivity index (χ2v) is 5.05. The van der Waals surface area contributed by atoms with Crippen molar-refractivity contribution in [2.45, 2.75) is 20.8 Å². The number of anilines is 1. The molecule has 1 aromatic carbocycles. The van der Waals surface area contributed by atoms with E-state index in [1.54, 1.807) is 13.0 Å². The van der Waals surface area contributed by atoms with Crippen molar-refractivity contribution >= 4 is 23.3 Å². The number of nitrogens with zero attached hydrogens (tertiary/aromatic N) is 1. The molecule has 110 valence electrons. The first-order valence-electron chi connectivity index (χ1n) is 6.60. The number of Topliss-reactive ketones (excluding diaryl/α,β-unsaturated/α-hetero) is 1.